The minimum atomic E-state index is -0.102. The standard InChI is InChI=1S/C24H17N3O/c1-2-6-16(7-3-1)24-25-12-10-23(26-24)27-20-9-5-4-8-18(20)19-15-22-17(11-13-28-22)14-21(19)27/h1-15,24-25H. The summed E-state index contributed by atoms with van der Waals surface area (Å²) in [4.78, 5) is 5.02. The average molecular weight is 363 g/mol. The first-order chi connectivity index (χ1) is 13.9. The molecule has 3 heterocycles. The number of nitrogens with zero attached hydrogens (tertiary/aromatic N) is 2. The number of hydrogen-bond acceptors (Lipinski definition) is 3. The molecule has 1 unspecified atom stereocenters. The fraction of sp³-hybridized carbons (Fsp3) is 0.0417. The van der Waals surface area contributed by atoms with Gasteiger partial charge in [0.1, 0.15) is 17.6 Å². The van der Waals surface area contributed by atoms with Crippen molar-refractivity contribution in [1.29, 1.82) is 0 Å². The summed E-state index contributed by atoms with van der Waals surface area (Å²) in [6.45, 7) is 0. The van der Waals surface area contributed by atoms with Crippen LogP contribution in [0.2, 0.25) is 0 Å². The van der Waals surface area contributed by atoms with E-state index in [-0.39, 0.29) is 6.17 Å². The third kappa shape index (κ3) is 2.21. The van der Waals surface area contributed by atoms with Crippen molar-refractivity contribution < 1.29 is 4.42 Å². The molecule has 28 heavy (non-hydrogen) atoms. The van der Waals surface area contributed by atoms with Gasteiger partial charge in [-0.15, -0.1) is 0 Å². The van der Waals surface area contributed by atoms with Crippen LogP contribution in [-0.4, -0.2) is 10.4 Å². The molecular formula is C24H17N3O. The first-order valence-electron chi connectivity index (χ1n) is 9.35. The predicted molar refractivity (Wildman–Crippen MR) is 114 cm³/mol. The Morgan fingerprint density at radius 1 is 0.857 bits per heavy atom. The Hall–Kier alpha value is -3.79. The van der Waals surface area contributed by atoms with Crippen molar-refractivity contribution in [3.8, 4) is 0 Å². The van der Waals surface area contributed by atoms with Gasteiger partial charge in [0.25, 0.3) is 0 Å². The molecule has 1 aliphatic rings. The molecule has 4 heteroatoms. The number of rotatable bonds is 1. The number of benzene rings is 3. The van der Waals surface area contributed by atoms with Crippen molar-refractivity contribution in [3.63, 3.8) is 0 Å². The lowest BCUT2D eigenvalue weighted by atomic mass is 10.1. The molecule has 4 nitrogen and oxygen atoms in total. The van der Waals surface area contributed by atoms with Crippen LogP contribution in [0.15, 0.2) is 101 Å². The molecule has 1 aliphatic heterocycles. The zero-order chi connectivity index (χ0) is 18.5. The number of fused-ring (bicyclic) bond motifs is 4. The van der Waals surface area contributed by atoms with Crippen molar-refractivity contribution in [2.45, 2.75) is 6.17 Å². The van der Waals surface area contributed by atoms with Gasteiger partial charge in [-0.3, -0.25) is 4.57 Å². The lowest BCUT2D eigenvalue weighted by Crippen LogP contribution is -2.23. The molecule has 1 atom stereocenters. The van der Waals surface area contributed by atoms with E-state index >= 15 is 0 Å². The molecule has 0 amide bonds. The topological polar surface area (TPSA) is 42.5 Å². The molecule has 5 aromatic rings. The quantitative estimate of drug-likeness (QED) is 0.421. The van der Waals surface area contributed by atoms with E-state index in [2.05, 4.69) is 58.4 Å². The van der Waals surface area contributed by atoms with Crippen LogP contribution >= 0.6 is 0 Å². The lowest BCUT2D eigenvalue weighted by Gasteiger charge is -2.20. The summed E-state index contributed by atoms with van der Waals surface area (Å²) < 4.78 is 7.88. The Kier molecular flexibility index (Phi) is 3.20. The Balaban J connectivity index is 1.64. The largest absolute Gasteiger partial charge is 0.464 e. The van der Waals surface area contributed by atoms with Crippen LogP contribution in [0.1, 0.15) is 11.7 Å². The molecule has 0 aliphatic carbocycles. The van der Waals surface area contributed by atoms with E-state index in [1.807, 2.05) is 36.5 Å². The molecule has 3 aromatic carbocycles. The number of aromatic nitrogens is 1. The molecule has 0 saturated carbocycles. The van der Waals surface area contributed by atoms with Crippen LogP contribution in [0.4, 0.5) is 0 Å². The van der Waals surface area contributed by atoms with Gasteiger partial charge in [-0.05, 0) is 35.9 Å². The summed E-state index contributed by atoms with van der Waals surface area (Å²) in [5, 5.41) is 6.81. The zero-order valence-corrected chi connectivity index (χ0v) is 15.0. The smallest absolute Gasteiger partial charge is 0.146 e. The molecule has 1 N–H and O–H groups in total. The number of aliphatic imine (C=N–C) groups is 1. The summed E-state index contributed by atoms with van der Waals surface area (Å²) >= 11 is 0. The highest BCUT2D eigenvalue weighted by molar-refractivity contribution is 6.18. The van der Waals surface area contributed by atoms with E-state index in [0.717, 1.165) is 33.4 Å². The van der Waals surface area contributed by atoms with Crippen molar-refractivity contribution in [2.24, 2.45) is 4.99 Å². The highest BCUT2D eigenvalue weighted by atomic mass is 16.3. The second-order valence-corrected chi connectivity index (χ2v) is 6.98. The SMILES string of the molecule is C1=CC(n2c3ccccc3c3cc4occc4cc32)=NC(c2ccccc2)N1. The number of hydrogen-bond donors (Lipinski definition) is 1. The number of allylic oxidation sites excluding steroid dienone is 1. The second kappa shape index (κ2) is 5.86. The maximum Gasteiger partial charge on any atom is 0.146 e. The molecule has 0 bridgehead atoms. The van der Waals surface area contributed by atoms with Crippen LogP contribution in [0.5, 0.6) is 0 Å². The van der Waals surface area contributed by atoms with Crippen molar-refractivity contribution in [3.05, 3.63) is 96.9 Å². The van der Waals surface area contributed by atoms with Crippen molar-refractivity contribution >= 4 is 38.6 Å². The van der Waals surface area contributed by atoms with Crippen molar-refractivity contribution in [2.75, 3.05) is 0 Å². The minimum Gasteiger partial charge on any atom is -0.464 e. The van der Waals surface area contributed by atoms with Crippen molar-refractivity contribution in [1.82, 2.24) is 9.88 Å². The van der Waals surface area contributed by atoms with Crippen LogP contribution in [0.3, 0.4) is 0 Å². The maximum atomic E-state index is 5.64. The maximum absolute atomic E-state index is 5.64. The third-order valence-electron chi connectivity index (χ3n) is 5.34. The molecule has 0 radical (unpaired) electrons. The molecular weight excluding hydrogens is 346 g/mol. The van der Waals surface area contributed by atoms with Crippen LogP contribution in [0, 0.1) is 0 Å². The molecule has 0 spiro atoms. The van der Waals surface area contributed by atoms with Gasteiger partial charge >= 0.3 is 0 Å². The molecule has 0 saturated heterocycles. The van der Waals surface area contributed by atoms with E-state index in [9.17, 15) is 0 Å². The lowest BCUT2D eigenvalue weighted by molar-refractivity contribution is 0.616. The van der Waals surface area contributed by atoms with Gasteiger partial charge in [0.15, 0.2) is 0 Å². The summed E-state index contributed by atoms with van der Waals surface area (Å²) in [6.07, 6.45) is 5.65. The number of nitrogens with one attached hydrogen (secondary N) is 1. The van der Waals surface area contributed by atoms with Gasteiger partial charge in [-0.1, -0.05) is 48.5 Å². The Labute approximate surface area is 161 Å². The Morgan fingerprint density at radius 3 is 2.64 bits per heavy atom. The van der Waals surface area contributed by atoms with Crippen LogP contribution in [0.25, 0.3) is 32.8 Å². The first kappa shape index (κ1) is 15.3. The van der Waals surface area contributed by atoms with E-state index < -0.39 is 0 Å². The highest BCUT2D eigenvalue weighted by Crippen LogP contribution is 2.33. The van der Waals surface area contributed by atoms with Crippen LogP contribution in [-0.2, 0) is 0 Å². The van der Waals surface area contributed by atoms with E-state index in [1.54, 1.807) is 6.26 Å². The number of furan rings is 1. The van der Waals surface area contributed by atoms with Gasteiger partial charge in [0, 0.05) is 22.4 Å². The second-order valence-electron chi connectivity index (χ2n) is 6.98. The van der Waals surface area contributed by atoms with Gasteiger partial charge in [0.2, 0.25) is 0 Å². The Morgan fingerprint density at radius 2 is 1.71 bits per heavy atom. The van der Waals surface area contributed by atoms with E-state index in [4.69, 9.17) is 9.41 Å². The molecule has 0 fully saturated rings. The van der Waals surface area contributed by atoms with E-state index in [1.165, 1.54) is 10.8 Å². The molecule has 6 rings (SSSR count). The predicted octanol–water partition coefficient (Wildman–Crippen LogP) is 5.60. The highest BCUT2D eigenvalue weighted by Gasteiger charge is 2.18. The number of para-hydroxylation sites is 1. The normalized spacial score (nSPS) is 16.6. The van der Waals surface area contributed by atoms with Crippen LogP contribution < -0.4 is 5.32 Å². The zero-order valence-electron chi connectivity index (χ0n) is 15.0. The minimum absolute atomic E-state index is 0.102. The van der Waals surface area contributed by atoms with E-state index in [0.29, 0.717) is 0 Å². The van der Waals surface area contributed by atoms with Gasteiger partial charge in [0.05, 0.1) is 17.3 Å². The first-order valence-corrected chi connectivity index (χ1v) is 9.35. The summed E-state index contributed by atoms with van der Waals surface area (Å²) in [5.41, 5.74) is 4.32. The molecule has 134 valence electrons. The summed E-state index contributed by atoms with van der Waals surface area (Å²) in [7, 11) is 0. The van der Waals surface area contributed by atoms with Gasteiger partial charge in [-0.2, -0.15) is 0 Å². The fourth-order valence-corrected chi connectivity index (χ4v) is 4.04. The third-order valence-corrected chi connectivity index (χ3v) is 5.34. The summed E-state index contributed by atoms with van der Waals surface area (Å²) in [6, 6.07) is 25.1. The van der Waals surface area contributed by atoms with Gasteiger partial charge < -0.3 is 9.73 Å². The summed E-state index contributed by atoms with van der Waals surface area (Å²) in [5.74, 6) is 0.918. The average Bonchev–Trinajstić information content (AvgIpc) is 3.34. The fourth-order valence-electron chi connectivity index (χ4n) is 4.04. The monoisotopic (exact) mass is 363 g/mol. The van der Waals surface area contributed by atoms with Gasteiger partial charge in [-0.25, -0.2) is 4.99 Å². The Bertz CT molecular complexity index is 1390. The molecule has 2 aromatic heterocycles.